The Kier molecular flexibility index (Phi) is 4.28. The van der Waals surface area contributed by atoms with Crippen LogP contribution in [-0.2, 0) is 14.3 Å². The van der Waals surface area contributed by atoms with Crippen LogP contribution in [0.1, 0.15) is 13.8 Å². The first kappa shape index (κ1) is 10.9. The van der Waals surface area contributed by atoms with E-state index in [1.807, 2.05) is 0 Å². The summed E-state index contributed by atoms with van der Waals surface area (Å²) in [5.41, 5.74) is 0. The largest absolute Gasteiger partial charge is 0.480 e. The number of carboxylic acid groups (broad SMARTS) is 1. The Morgan fingerprint density at radius 1 is 1.33 bits per heavy atom. The van der Waals surface area contributed by atoms with E-state index in [4.69, 9.17) is 5.11 Å². The summed E-state index contributed by atoms with van der Waals surface area (Å²) in [5.74, 6) is -1.46. The maximum Gasteiger partial charge on any atom is 0.322 e. The van der Waals surface area contributed by atoms with Crippen molar-refractivity contribution in [1.82, 2.24) is 5.32 Å². The van der Waals surface area contributed by atoms with E-state index in [-0.39, 0.29) is 0 Å². The Labute approximate surface area is 70.7 Å². The van der Waals surface area contributed by atoms with Gasteiger partial charge in [0.2, 0.25) is 0 Å². The van der Waals surface area contributed by atoms with Crippen molar-refractivity contribution in [2.24, 2.45) is 0 Å². The average molecular weight is 175 g/mol. The number of carbonyl (C=O) groups excluding carboxylic acids is 1. The van der Waals surface area contributed by atoms with Gasteiger partial charge in [-0.05, 0) is 13.8 Å². The number of aliphatic carboxylic acids is 1. The smallest absolute Gasteiger partial charge is 0.322 e. The minimum atomic E-state index is -0.995. The van der Waals surface area contributed by atoms with Gasteiger partial charge in [0, 0.05) is 0 Å². The van der Waals surface area contributed by atoms with Crippen molar-refractivity contribution in [3.8, 4) is 0 Å². The Morgan fingerprint density at radius 3 is 2.17 bits per heavy atom. The summed E-state index contributed by atoms with van der Waals surface area (Å²) in [6, 6.07) is -1.35. The van der Waals surface area contributed by atoms with E-state index < -0.39 is 24.0 Å². The van der Waals surface area contributed by atoms with Crippen molar-refractivity contribution < 1.29 is 19.4 Å². The highest BCUT2D eigenvalue weighted by Gasteiger charge is 2.18. The second kappa shape index (κ2) is 4.71. The van der Waals surface area contributed by atoms with Gasteiger partial charge < -0.3 is 9.84 Å². The summed E-state index contributed by atoms with van der Waals surface area (Å²) in [6.45, 7) is 3.01. The first-order chi connectivity index (χ1) is 5.49. The Morgan fingerprint density at radius 2 is 1.83 bits per heavy atom. The minimum Gasteiger partial charge on any atom is -0.480 e. The molecule has 0 amide bonds. The fraction of sp³-hybridized carbons (Fsp3) is 0.714. The van der Waals surface area contributed by atoms with Gasteiger partial charge in [0.25, 0.3) is 0 Å². The molecule has 0 aromatic rings. The molecule has 2 atom stereocenters. The van der Waals surface area contributed by atoms with Crippen LogP contribution in [0.4, 0.5) is 0 Å². The quantitative estimate of drug-likeness (QED) is 0.569. The van der Waals surface area contributed by atoms with Crippen LogP contribution in [0, 0.1) is 0 Å². The molecule has 0 heterocycles. The molecule has 0 saturated heterocycles. The summed E-state index contributed by atoms with van der Waals surface area (Å²) < 4.78 is 4.40. The third-order valence-corrected chi connectivity index (χ3v) is 1.43. The maximum absolute atomic E-state index is 10.8. The van der Waals surface area contributed by atoms with Gasteiger partial charge >= 0.3 is 11.9 Å². The van der Waals surface area contributed by atoms with Gasteiger partial charge in [-0.25, -0.2) is 0 Å². The van der Waals surface area contributed by atoms with Crippen molar-refractivity contribution in [2.75, 3.05) is 7.11 Å². The molecule has 0 aliphatic heterocycles. The van der Waals surface area contributed by atoms with E-state index in [0.717, 1.165) is 0 Å². The summed E-state index contributed by atoms with van der Waals surface area (Å²) in [7, 11) is 1.26. The van der Waals surface area contributed by atoms with Crippen LogP contribution < -0.4 is 5.32 Å². The topological polar surface area (TPSA) is 75.6 Å². The Bertz CT molecular complexity index is 180. The molecule has 0 rings (SSSR count). The van der Waals surface area contributed by atoms with Crippen LogP contribution in [0.5, 0.6) is 0 Å². The molecule has 0 bridgehead atoms. The first-order valence-electron chi connectivity index (χ1n) is 3.55. The normalized spacial score (nSPS) is 14.9. The molecule has 1 unspecified atom stereocenters. The number of nitrogens with one attached hydrogen (secondary N) is 1. The molecule has 0 aliphatic rings. The van der Waals surface area contributed by atoms with Crippen LogP contribution in [0.2, 0.25) is 0 Å². The number of carbonyl (C=O) groups is 2. The molecule has 0 aromatic heterocycles. The number of methoxy groups -OCH3 is 1. The molecule has 0 spiro atoms. The van der Waals surface area contributed by atoms with Gasteiger partial charge in [-0.3, -0.25) is 14.9 Å². The summed E-state index contributed by atoms with van der Waals surface area (Å²) in [4.78, 5) is 21.1. The molecule has 70 valence electrons. The van der Waals surface area contributed by atoms with E-state index >= 15 is 0 Å². The molecule has 0 aliphatic carbocycles. The van der Waals surface area contributed by atoms with Gasteiger partial charge in [0.05, 0.1) is 7.11 Å². The van der Waals surface area contributed by atoms with Crippen molar-refractivity contribution in [2.45, 2.75) is 25.9 Å². The van der Waals surface area contributed by atoms with Crippen LogP contribution in [0.3, 0.4) is 0 Å². The zero-order chi connectivity index (χ0) is 9.72. The van der Waals surface area contributed by atoms with Gasteiger partial charge in [-0.2, -0.15) is 0 Å². The van der Waals surface area contributed by atoms with Crippen molar-refractivity contribution in [1.29, 1.82) is 0 Å². The molecule has 5 heteroatoms. The molecule has 5 nitrogen and oxygen atoms in total. The van der Waals surface area contributed by atoms with E-state index in [1.165, 1.54) is 14.0 Å². The number of rotatable bonds is 4. The van der Waals surface area contributed by atoms with Crippen LogP contribution >= 0.6 is 0 Å². The third kappa shape index (κ3) is 3.34. The van der Waals surface area contributed by atoms with Crippen molar-refractivity contribution in [3.63, 3.8) is 0 Å². The fourth-order valence-electron chi connectivity index (χ4n) is 0.691. The van der Waals surface area contributed by atoms with Gasteiger partial charge in [-0.15, -0.1) is 0 Å². The second-order valence-corrected chi connectivity index (χ2v) is 2.47. The van der Waals surface area contributed by atoms with E-state index in [9.17, 15) is 9.59 Å². The van der Waals surface area contributed by atoms with Crippen LogP contribution in [-0.4, -0.2) is 36.2 Å². The minimum absolute atomic E-state index is 0.469. The predicted octanol–water partition coefficient (Wildman–Crippen LogP) is -0.389. The molecule has 0 aromatic carbocycles. The van der Waals surface area contributed by atoms with Crippen molar-refractivity contribution >= 4 is 11.9 Å². The summed E-state index contributed by atoms with van der Waals surface area (Å²) >= 11 is 0. The fourth-order valence-corrected chi connectivity index (χ4v) is 0.691. The number of ether oxygens (including phenoxy) is 1. The molecule has 0 saturated carbocycles. The van der Waals surface area contributed by atoms with Gasteiger partial charge in [0.15, 0.2) is 0 Å². The first-order valence-corrected chi connectivity index (χ1v) is 3.55. The third-order valence-electron chi connectivity index (χ3n) is 1.43. The lowest BCUT2D eigenvalue weighted by Gasteiger charge is -2.14. The highest BCUT2D eigenvalue weighted by atomic mass is 16.5. The van der Waals surface area contributed by atoms with Gasteiger partial charge in [0.1, 0.15) is 12.1 Å². The average Bonchev–Trinajstić information content (AvgIpc) is 2.02. The molecule has 0 radical (unpaired) electrons. The highest BCUT2D eigenvalue weighted by Crippen LogP contribution is 1.89. The SMILES string of the molecule is COC(=O)[C@H](C)NC(C)C(=O)O. The monoisotopic (exact) mass is 175 g/mol. The van der Waals surface area contributed by atoms with Crippen LogP contribution in [0.25, 0.3) is 0 Å². The number of esters is 1. The Balaban J connectivity index is 3.91. The second-order valence-electron chi connectivity index (χ2n) is 2.47. The standard InChI is InChI=1S/C7H13NO4/c1-4(6(9)10)8-5(2)7(11)12-3/h4-5,8H,1-3H3,(H,9,10)/t4?,5-/m0/s1. The number of hydrogen-bond acceptors (Lipinski definition) is 4. The zero-order valence-electron chi connectivity index (χ0n) is 7.33. The maximum atomic E-state index is 10.8. The summed E-state index contributed by atoms with van der Waals surface area (Å²) in [6.07, 6.45) is 0. The molecular formula is C7H13NO4. The van der Waals surface area contributed by atoms with E-state index in [0.29, 0.717) is 0 Å². The lowest BCUT2D eigenvalue weighted by Crippen LogP contribution is -2.44. The molecular weight excluding hydrogens is 162 g/mol. The van der Waals surface area contributed by atoms with Crippen LogP contribution in [0.15, 0.2) is 0 Å². The molecule has 0 fully saturated rings. The van der Waals surface area contributed by atoms with Gasteiger partial charge in [-0.1, -0.05) is 0 Å². The molecule has 12 heavy (non-hydrogen) atoms. The predicted molar refractivity (Wildman–Crippen MR) is 41.7 cm³/mol. The highest BCUT2D eigenvalue weighted by molar-refractivity contribution is 5.77. The summed E-state index contributed by atoms with van der Waals surface area (Å²) in [5, 5.41) is 11.0. The number of carboxylic acids is 1. The number of hydrogen-bond donors (Lipinski definition) is 2. The molecule has 2 N–H and O–H groups in total. The zero-order valence-corrected chi connectivity index (χ0v) is 7.33. The Hall–Kier alpha value is -1.10. The lowest BCUT2D eigenvalue weighted by molar-refractivity contribution is -0.144. The van der Waals surface area contributed by atoms with E-state index in [1.54, 1.807) is 6.92 Å². The van der Waals surface area contributed by atoms with E-state index in [2.05, 4.69) is 10.1 Å². The van der Waals surface area contributed by atoms with Crippen molar-refractivity contribution in [3.05, 3.63) is 0 Å². The lowest BCUT2D eigenvalue weighted by atomic mass is 10.2.